The summed E-state index contributed by atoms with van der Waals surface area (Å²) in [5.74, 6) is -0.956. The molecule has 0 aliphatic carbocycles. The average Bonchev–Trinajstić information content (AvgIpc) is 2.48. The summed E-state index contributed by atoms with van der Waals surface area (Å²) in [6.07, 6.45) is 0.342. The lowest BCUT2D eigenvalue weighted by Crippen LogP contribution is -2.20. The number of hydrogen-bond acceptors (Lipinski definition) is 3. The van der Waals surface area contributed by atoms with Gasteiger partial charge in [0.25, 0.3) is 0 Å². The molecule has 0 unspecified atom stereocenters. The highest BCUT2D eigenvalue weighted by Gasteiger charge is 2.20. The quantitative estimate of drug-likeness (QED) is 0.916. The summed E-state index contributed by atoms with van der Waals surface area (Å²) in [6, 6.07) is 17.8. The summed E-state index contributed by atoms with van der Waals surface area (Å²) in [4.78, 5) is 22.2. The maximum Gasteiger partial charge on any atom is 0.317 e. The Kier molecular flexibility index (Phi) is 5.17. The molecule has 2 aromatic rings. The van der Waals surface area contributed by atoms with E-state index >= 15 is 0 Å². The zero-order valence-electron chi connectivity index (χ0n) is 11.7. The predicted molar refractivity (Wildman–Crippen MR) is 85.3 cm³/mol. The van der Waals surface area contributed by atoms with Crippen molar-refractivity contribution in [2.75, 3.05) is 0 Å². The van der Waals surface area contributed by atoms with Gasteiger partial charge in [0.2, 0.25) is 0 Å². The highest BCUT2D eigenvalue weighted by atomic mass is 32.2. The molecule has 0 radical (unpaired) electrons. The van der Waals surface area contributed by atoms with Gasteiger partial charge in [0.15, 0.2) is 5.12 Å². The van der Waals surface area contributed by atoms with Gasteiger partial charge in [0, 0.05) is 6.92 Å². The molecule has 1 N–H and O–H groups in total. The lowest BCUT2D eigenvalue weighted by atomic mass is 10.0. The molecule has 0 aliphatic rings. The van der Waals surface area contributed by atoms with Gasteiger partial charge < -0.3 is 5.11 Å². The van der Waals surface area contributed by atoms with Crippen molar-refractivity contribution in [2.45, 2.75) is 18.6 Å². The van der Waals surface area contributed by atoms with E-state index in [0.717, 1.165) is 28.5 Å². The van der Waals surface area contributed by atoms with Gasteiger partial charge in [-0.3, -0.25) is 9.59 Å². The molecule has 1 atom stereocenters. The third kappa shape index (κ3) is 4.46. The molecule has 0 saturated heterocycles. The van der Waals surface area contributed by atoms with Crippen molar-refractivity contribution in [2.24, 2.45) is 0 Å². The van der Waals surface area contributed by atoms with Crippen molar-refractivity contribution in [3.63, 3.8) is 0 Å². The molecule has 0 heterocycles. The summed E-state index contributed by atoms with van der Waals surface area (Å²) in [5, 5.41) is 8.23. The Morgan fingerprint density at radius 1 is 1.00 bits per heavy atom. The first-order valence-electron chi connectivity index (χ1n) is 6.60. The highest BCUT2D eigenvalue weighted by molar-refractivity contribution is 8.14. The molecule has 0 fully saturated rings. The summed E-state index contributed by atoms with van der Waals surface area (Å²) in [6.45, 7) is 1.39. The number of benzene rings is 2. The van der Waals surface area contributed by atoms with Crippen LogP contribution in [-0.2, 0) is 16.0 Å². The van der Waals surface area contributed by atoms with Gasteiger partial charge in [-0.25, -0.2) is 0 Å². The minimum absolute atomic E-state index is 0.177. The van der Waals surface area contributed by atoms with Gasteiger partial charge in [0.05, 0.1) is 0 Å². The van der Waals surface area contributed by atoms with E-state index in [4.69, 9.17) is 5.11 Å². The van der Waals surface area contributed by atoms with Gasteiger partial charge >= 0.3 is 5.97 Å². The van der Waals surface area contributed by atoms with Gasteiger partial charge in [0.1, 0.15) is 5.25 Å². The van der Waals surface area contributed by atoms with Crippen LogP contribution in [0.1, 0.15) is 12.5 Å². The third-order valence-corrected chi connectivity index (χ3v) is 4.05. The fourth-order valence-corrected chi connectivity index (χ4v) is 2.83. The van der Waals surface area contributed by atoms with Crippen LogP contribution < -0.4 is 0 Å². The fraction of sp³-hybridized carbons (Fsp3) is 0.176. The molecule has 0 amide bonds. The molecule has 0 saturated carbocycles. The van der Waals surface area contributed by atoms with Crippen LogP contribution in [0.15, 0.2) is 54.6 Å². The minimum Gasteiger partial charge on any atom is -0.480 e. The van der Waals surface area contributed by atoms with Crippen molar-refractivity contribution in [1.29, 1.82) is 0 Å². The molecule has 0 bridgehead atoms. The summed E-state index contributed by atoms with van der Waals surface area (Å²) >= 11 is 0.865. The fourth-order valence-electron chi connectivity index (χ4n) is 2.06. The van der Waals surface area contributed by atoms with Crippen molar-refractivity contribution >= 4 is 22.8 Å². The predicted octanol–water partition coefficient (Wildman–Crippen LogP) is 3.63. The van der Waals surface area contributed by atoms with Gasteiger partial charge in [-0.1, -0.05) is 66.4 Å². The van der Waals surface area contributed by atoms with E-state index in [1.54, 1.807) is 0 Å². The Hall–Kier alpha value is -2.07. The van der Waals surface area contributed by atoms with E-state index in [9.17, 15) is 9.59 Å². The first kappa shape index (κ1) is 15.3. The number of aliphatic carboxylic acids is 1. The van der Waals surface area contributed by atoms with Crippen molar-refractivity contribution in [3.05, 3.63) is 60.2 Å². The Bertz CT molecular complexity index is 620. The molecule has 0 spiro atoms. The van der Waals surface area contributed by atoms with Crippen LogP contribution in [0.3, 0.4) is 0 Å². The SMILES string of the molecule is CC(=O)S[C@H](Cc1ccc(-c2ccccc2)cc1)C(=O)O. The number of hydrogen-bond donors (Lipinski definition) is 1. The number of carbonyl (C=O) groups excluding carboxylic acids is 1. The first-order valence-corrected chi connectivity index (χ1v) is 7.48. The number of thioether (sulfide) groups is 1. The second kappa shape index (κ2) is 7.09. The van der Waals surface area contributed by atoms with Crippen molar-refractivity contribution in [3.8, 4) is 11.1 Å². The topological polar surface area (TPSA) is 54.4 Å². The summed E-state index contributed by atoms with van der Waals surface area (Å²) in [7, 11) is 0. The monoisotopic (exact) mass is 300 g/mol. The Morgan fingerprint density at radius 3 is 2.10 bits per heavy atom. The summed E-state index contributed by atoms with van der Waals surface area (Å²) < 4.78 is 0. The second-order valence-corrected chi connectivity index (χ2v) is 6.08. The molecule has 2 aromatic carbocycles. The molecule has 2 rings (SSSR count). The van der Waals surface area contributed by atoms with Crippen LogP contribution in [0.4, 0.5) is 0 Å². The molecule has 4 heteroatoms. The Morgan fingerprint density at radius 2 is 1.57 bits per heavy atom. The van der Waals surface area contributed by atoms with E-state index in [1.165, 1.54) is 6.92 Å². The Balaban J connectivity index is 2.11. The number of carboxylic acid groups (broad SMARTS) is 1. The molecule has 0 aliphatic heterocycles. The van der Waals surface area contributed by atoms with E-state index in [2.05, 4.69) is 0 Å². The van der Waals surface area contributed by atoms with E-state index in [1.807, 2.05) is 54.6 Å². The van der Waals surface area contributed by atoms with E-state index < -0.39 is 11.2 Å². The zero-order chi connectivity index (χ0) is 15.2. The normalized spacial score (nSPS) is 11.9. The van der Waals surface area contributed by atoms with E-state index in [0.29, 0.717) is 6.42 Å². The molecular weight excluding hydrogens is 284 g/mol. The van der Waals surface area contributed by atoms with E-state index in [-0.39, 0.29) is 5.12 Å². The zero-order valence-corrected chi connectivity index (χ0v) is 12.5. The standard InChI is InChI=1S/C17H16O3S/c1-12(18)21-16(17(19)20)11-13-7-9-15(10-8-13)14-5-3-2-4-6-14/h2-10,16H,11H2,1H3,(H,19,20)/t16-/m1/s1. The number of carboxylic acids is 1. The highest BCUT2D eigenvalue weighted by Crippen LogP contribution is 2.22. The van der Waals surface area contributed by atoms with Crippen molar-refractivity contribution < 1.29 is 14.7 Å². The number of rotatable bonds is 5. The van der Waals surface area contributed by atoms with Gasteiger partial charge in [-0.05, 0) is 23.1 Å². The minimum atomic E-state index is -0.956. The molecule has 0 aromatic heterocycles. The lowest BCUT2D eigenvalue weighted by molar-refractivity contribution is -0.136. The maximum absolute atomic E-state index is 11.2. The van der Waals surface area contributed by atoms with Crippen LogP contribution in [0.5, 0.6) is 0 Å². The van der Waals surface area contributed by atoms with Crippen LogP contribution in [-0.4, -0.2) is 21.4 Å². The largest absolute Gasteiger partial charge is 0.480 e. The Labute approximate surface area is 128 Å². The third-order valence-electron chi connectivity index (χ3n) is 3.07. The molecule has 21 heavy (non-hydrogen) atoms. The molecule has 3 nitrogen and oxygen atoms in total. The van der Waals surface area contributed by atoms with Crippen LogP contribution in [0, 0.1) is 0 Å². The maximum atomic E-state index is 11.2. The van der Waals surface area contributed by atoms with Crippen LogP contribution in [0.25, 0.3) is 11.1 Å². The van der Waals surface area contributed by atoms with Gasteiger partial charge in [-0.15, -0.1) is 0 Å². The van der Waals surface area contributed by atoms with Gasteiger partial charge in [-0.2, -0.15) is 0 Å². The first-order chi connectivity index (χ1) is 10.1. The smallest absolute Gasteiger partial charge is 0.317 e. The average molecular weight is 300 g/mol. The second-order valence-electron chi connectivity index (χ2n) is 4.70. The van der Waals surface area contributed by atoms with Crippen LogP contribution in [0.2, 0.25) is 0 Å². The van der Waals surface area contributed by atoms with Crippen molar-refractivity contribution in [1.82, 2.24) is 0 Å². The molecule has 108 valence electrons. The number of carbonyl (C=O) groups is 2. The lowest BCUT2D eigenvalue weighted by Gasteiger charge is -2.10. The summed E-state index contributed by atoms with van der Waals surface area (Å²) in [5.41, 5.74) is 3.12. The molecular formula is C17H16O3S. The van der Waals surface area contributed by atoms with Crippen LogP contribution >= 0.6 is 11.8 Å².